The Morgan fingerprint density at radius 2 is 1.97 bits per heavy atom. The zero-order valence-electron chi connectivity index (χ0n) is 18.2. The van der Waals surface area contributed by atoms with E-state index in [4.69, 9.17) is 4.98 Å². The van der Waals surface area contributed by atoms with Gasteiger partial charge in [-0.15, -0.1) is 0 Å². The van der Waals surface area contributed by atoms with Gasteiger partial charge in [0.1, 0.15) is 0 Å². The third-order valence-corrected chi connectivity index (χ3v) is 6.70. The van der Waals surface area contributed by atoms with E-state index in [1.165, 1.54) is 45.2 Å². The molecule has 0 aliphatic carbocycles. The van der Waals surface area contributed by atoms with Crippen molar-refractivity contribution in [2.24, 2.45) is 11.8 Å². The van der Waals surface area contributed by atoms with Crippen LogP contribution in [0.1, 0.15) is 62.0 Å². The number of hydrogen-bond acceptors (Lipinski definition) is 3. The molecule has 2 aliphatic heterocycles. The Bertz CT molecular complexity index is 860. The number of fused-ring (bicyclic) bond motifs is 2. The Balaban J connectivity index is 1.57. The van der Waals surface area contributed by atoms with Gasteiger partial charge < -0.3 is 9.80 Å². The van der Waals surface area contributed by atoms with Crippen molar-refractivity contribution >= 4 is 16.8 Å². The van der Waals surface area contributed by atoms with Crippen LogP contribution in [0.25, 0.3) is 10.9 Å². The van der Waals surface area contributed by atoms with E-state index >= 15 is 0 Å². The van der Waals surface area contributed by atoms with Gasteiger partial charge in [0, 0.05) is 30.7 Å². The van der Waals surface area contributed by atoms with Gasteiger partial charge in [0.25, 0.3) is 5.91 Å². The third kappa shape index (κ3) is 4.48. The zero-order chi connectivity index (χ0) is 20.4. The lowest BCUT2D eigenvalue weighted by atomic mass is 9.83. The molecule has 1 aromatic carbocycles. The maximum Gasteiger partial charge on any atom is 0.254 e. The molecule has 156 valence electrons. The van der Waals surface area contributed by atoms with Crippen LogP contribution in [0, 0.1) is 11.8 Å². The number of pyridine rings is 1. The predicted octanol–water partition coefficient (Wildman–Crippen LogP) is 4.77. The van der Waals surface area contributed by atoms with E-state index in [1.54, 1.807) is 0 Å². The molecule has 2 unspecified atom stereocenters. The van der Waals surface area contributed by atoms with Crippen LogP contribution in [0.5, 0.6) is 0 Å². The van der Waals surface area contributed by atoms with Crippen molar-refractivity contribution in [3.63, 3.8) is 0 Å². The van der Waals surface area contributed by atoms with Crippen molar-refractivity contribution < 1.29 is 4.79 Å². The fourth-order valence-electron chi connectivity index (χ4n) is 5.36. The molecule has 0 N–H and O–H groups in total. The first-order valence-electron chi connectivity index (χ1n) is 11.4. The first kappa shape index (κ1) is 20.3. The predicted molar refractivity (Wildman–Crippen MR) is 119 cm³/mol. The molecular formula is C25H35N3O. The maximum absolute atomic E-state index is 13.5. The summed E-state index contributed by atoms with van der Waals surface area (Å²) in [5.41, 5.74) is 2.76. The minimum absolute atomic E-state index is 0.140. The van der Waals surface area contributed by atoms with E-state index in [0.717, 1.165) is 35.1 Å². The molecule has 2 aliphatic rings. The second-order valence-electron chi connectivity index (χ2n) is 9.46. The van der Waals surface area contributed by atoms with Crippen molar-refractivity contribution in [3.05, 3.63) is 41.6 Å². The number of rotatable bonds is 5. The molecule has 0 radical (unpaired) electrons. The monoisotopic (exact) mass is 393 g/mol. The number of carbonyl (C=O) groups excluding carboxylic acids is 1. The molecule has 0 spiro atoms. The smallest absolute Gasteiger partial charge is 0.254 e. The molecule has 1 amide bonds. The highest BCUT2D eigenvalue weighted by molar-refractivity contribution is 6.06. The van der Waals surface area contributed by atoms with Gasteiger partial charge in [0.2, 0.25) is 0 Å². The van der Waals surface area contributed by atoms with Gasteiger partial charge in [-0.1, -0.05) is 38.5 Å². The number of para-hydroxylation sites is 1. The van der Waals surface area contributed by atoms with Crippen LogP contribution in [-0.2, 0) is 6.42 Å². The quantitative estimate of drug-likeness (QED) is 0.734. The minimum Gasteiger partial charge on any atom is -0.341 e. The Morgan fingerprint density at radius 3 is 2.79 bits per heavy atom. The molecule has 2 aromatic rings. The lowest BCUT2D eigenvalue weighted by Gasteiger charge is -2.45. The minimum atomic E-state index is 0.140. The number of piperidine rings is 2. The van der Waals surface area contributed by atoms with Crippen LogP contribution >= 0.6 is 0 Å². The van der Waals surface area contributed by atoms with E-state index < -0.39 is 0 Å². The second-order valence-corrected chi connectivity index (χ2v) is 9.46. The number of hydrogen-bond donors (Lipinski definition) is 0. The molecule has 1 aromatic heterocycles. The number of benzene rings is 1. The van der Waals surface area contributed by atoms with Gasteiger partial charge in [-0.3, -0.25) is 9.78 Å². The average molecular weight is 394 g/mol. The third-order valence-electron chi connectivity index (χ3n) is 6.70. The molecule has 4 rings (SSSR count). The van der Waals surface area contributed by atoms with E-state index in [9.17, 15) is 4.79 Å². The van der Waals surface area contributed by atoms with Crippen LogP contribution < -0.4 is 0 Å². The summed E-state index contributed by atoms with van der Waals surface area (Å²) in [5.74, 6) is 1.26. The van der Waals surface area contributed by atoms with Crippen molar-refractivity contribution in [3.8, 4) is 0 Å². The normalized spacial score (nSPS) is 22.6. The van der Waals surface area contributed by atoms with Crippen molar-refractivity contribution in [2.75, 3.05) is 26.7 Å². The fourth-order valence-corrected chi connectivity index (χ4v) is 5.36. The molecular weight excluding hydrogens is 358 g/mol. The van der Waals surface area contributed by atoms with Crippen molar-refractivity contribution in [2.45, 2.75) is 58.4 Å². The number of amides is 1. The van der Waals surface area contributed by atoms with Crippen molar-refractivity contribution in [1.82, 2.24) is 14.8 Å². The Hall–Kier alpha value is -1.94. The molecule has 0 saturated carbocycles. The first-order valence-corrected chi connectivity index (χ1v) is 11.4. The molecule has 2 atom stereocenters. The van der Waals surface area contributed by atoms with Gasteiger partial charge in [-0.05, 0) is 69.2 Å². The standard InChI is InChI=1S/C25H35N3O/c1-18(2)15-20-16-22(21-10-4-5-11-23(21)26-20)25(29)27(3)17-19-9-8-14-28-13-7-6-12-24(19)28/h4-5,10-11,16,18-19,24H,6-9,12-15,17H2,1-3H3. The van der Waals surface area contributed by atoms with Gasteiger partial charge in [-0.2, -0.15) is 0 Å². The van der Waals surface area contributed by atoms with Crippen LogP contribution in [0.3, 0.4) is 0 Å². The Labute approximate surface area is 175 Å². The highest BCUT2D eigenvalue weighted by Gasteiger charge is 2.34. The average Bonchev–Trinajstić information content (AvgIpc) is 2.72. The number of aromatic nitrogens is 1. The van der Waals surface area contributed by atoms with Crippen LogP contribution in [-0.4, -0.2) is 53.4 Å². The van der Waals surface area contributed by atoms with Gasteiger partial charge in [0.15, 0.2) is 0 Å². The summed E-state index contributed by atoms with van der Waals surface area (Å²) in [7, 11) is 1.99. The SMILES string of the molecule is CC(C)Cc1cc(C(=O)N(C)CC2CCCN3CCCCC23)c2ccccc2n1. The fraction of sp³-hybridized carbons (Fsp3) is 0.600. The topological polar surface area (TPSA) is 36.4 Å². The first-order chi connectivity index (χ1) is 14.0. The van der Waals surface area contributed by atoms with E-state index in [-0.39, 0.29) is 5.91 Å². The summed E-state index contributed by atoms with van der Waals surface area (Å²) < 4.78 is 0. The van der Waals surface area contributed by atoms with E-state index in [0.29, 0.717) is 17.9 Å². The van der Waals surface area contributed by atoms with Crippen molar-refractivity contribution in [1.29, 1.82) is 0 Å². The molecule has 4 nitrogen and oxygen atoms in total. The molecule has 3 heterocycles. The van der Waals surface area contributed by atoms with E-state index in [2.05, 4.69) is 18.7 Å². The molecule has 0 bridgehead atoms. The lowest BCUT2D eigenvalue weighted by Crippen LogP contribution is -2.51. The summed E-state index contributed by atoms with van der Waals surface area (Å²) in [6, 6.07) is 10.8. The Kier molecular flexibility index (Phi) is 6.19. The molecule has 2 saturated heterocycles. The lowest BCUT2D eigenvalue weighted by molar-refractivity contribution is 0.0403. The highest BCUT2D eigenvalue weighted by atomic mass is 16.2. The van der Waals surface area contributed by atoms with Gasteiger partial charge in [-0.25, -0.2) is 0 Å². The molecule has 2 fully saturated rings. The number of carbonyl (C=O) groups is 1. The van der Waals surface area contributed by atoms with Crippen LogP contribution in [0.15, 0.2) is 30.3 Å². The van der Waals surface area contributed by atoms with Gasteiger partial charge in [0.05, 0.1) is 11.1 Å². The Morgan fingerprint density at radius 1 is 1.17 bits per heavy atom. The van der Waals surface area contributed by atoms with Crippen LogP contribution in [0.2, 0.25) is 0 Å². The maximum atomic E-state index is 13.5. The molecule has 4 heteroatoms. The summed E-state index contributed by atoms with van der Waals surface area (Å²) in [5, 5.41) is 0.972. The van der Waals surface area contributed by atoms with Gasteiger partial charge >= 0.3 is 0 Å². The molecule has 29 heavy (non-hydrogen) atoms. The summed E-state index contributed by atoms with van der Waals surface area (Å²) in [4.78, 5) is 23.0. The number of nitrogens with zero attached hydrogens (tertiary/aromatic N) is 3. The second kappa shape index (κ2) is 8.83. The zero-order valence-corrected chi connectivity index (χ0v) is 18.2. The largest absolute Gasteiger partial charge is 0.341 e. The highest BCUT2D eigenvalue weighted by Crippen LogP contribution is 2.31. The summed E-state index contributed by atoms with van der Waals surface area (Å²) in [6.07, 6.45) is 7.37. The summed E-state index contributed by atoms with van der Waals surface area (Å²) in [6.45, 7) is 7.74. The van der Waals surface area contributed by atoms with Crippen LogP contribution in [0.4, 0.5) is 0 Å². The summed E-state index contributed by atoms with van der Waals surface area (Å²) >= 11 is 0. The van der Waals surface area contributed by atoms with E-state index in [1.807, 2.05) is 42.3 Å².